The largest absolute Gasteiger partial charge is 0.497 e. The Hall–Kier alpha value is -1.59. The molecule has 0 aliphatic carbocycles. The molecule has 1 fully saturated rings. The van der Waals surface area contributed by atoms with E-state index in [0.29, 0.717) is 19.1 Å². The molecule has 1 aliphatic heterocycles. The summed E-state index contributed by atoms with van der Waals surface area (Å²) in [4.78, 5) is 16.6. The number of ether oxygens (including phenoxy) is 1. The van der Waals surface area contributed by atoms with Gasteiger partial charge in [-0.1, -0.05) is 12.1 Å². The molecule has 1 unspecified atom stereocenters. The Morgan fingerprint density at radius 2 is 2.05 bits per heavy atom. The standard InChI is InChI=1S/C17H27N3O2/c1-14-12-19(2)10-11-20(14)13-17(21)18-9-8-15-4-6-16(22-3)7-5-15/h4-7,14H,8-13H2,1-3H3,(H,18,21). The lowest BCUT2D eigenvalue weighted by atomic mass is 10.1. The average molecular weight is 305 g/mol. The molecular weight excluding hydrogens is 278 g/mol. The molecule has 1 saturated heterocycles. The number of hydrogen-bond acceptors (Lipinski definition) is 4. The van der Waals surface area contributed by atoms with Crippen LogP contribution in [-0.4, -0.2) is 68.6 Å². The zero-order valence-electron chi connectivity index (χ0n) is 13.8. The van der Waals surface area contributed by atoms with Gasteiger partial charge in [-0.15, -0.1) is 0 Å². The third-order valence-corrected chi connectivity index (χ3v) is 4.21. The van der Waals surface area contributed by atoms with Crippen molar-refractivity contribution in [1.29, 1.82) is 0 Å². The number of amides is 1. The van der Waals surface area contributed by atoms with Crippen molar-refractivity contribution in [2.24, 2.45) is 0 Å². The Kier molecular flexibility index (Phi) is 6.21. The zero-order chi connectivity index (χ0) is 15.9. The first-order valence-corrected chi connectivity index (χ1v) is 7.90. The minimum Gasteiger partial charge on any atom is -0.497 e. The average Bonchev–Trinajstić information content (AvgIpc) is 2.51. The number of nitrogens with one attached hydrogen (secondary N) is 1. The second-order valence-electron chi connectivity index (χ2n) is 6.03. The van der Waals surface area contributed by atoms with Gasteiger partial charge < -0.3 is 15.0 Å². The maximum absolute atomic E-state index is 12.0. The van der Waals surface area contributed by atoms with E-state index in [-0.39, 0.29) is 5.91 Å². The summed E-state index contributed by atoms with van der Waals surface area (Å²) in [6.45, 7) is 6.37. The minimum atomic E-state index is 0.116. The van der Waals surface area contributed by atoms with Crippen molar-refractivity contribution in [3.05, 3.63) is 29.8 Å². The lowest BCUT2D eigenvalue weighted by Crippen LogP contribution is -2.53. The van der Waals surface area contributed by atoms with Crippen molar-refractivity contribution >= 4 is 5.91 Å². The van der Waals surface area contributed by atoms with Crippen LogP contribution >= 0.6 is 0 Å². The van der Waals surface area contributed by atoms with Crippen molar-refractivity contribution < 1.29 is 9.53 Å². The van der Waals surface area contributed by atoms with Crippen molar-refractivity contribution in [2.45, 2.75) is 19.4 Å². The molecule has 122 valence electrons. The Bertz CT molecular complexity index is 475. The number of likely N-dealkylation sites (N-methyl/N-ethyl adjacent to an activating group) is 1. The Balaban J connectivity index is 1.69. The second-order valence-corrected chi connectivity index (χ2v) is 6.03. The van der Waals surface area contributed by atoms with Gasteiger partial charge in [0.05, 0.1) is 13.7 Å². The summed E-state index contributed by atoms with van der Waals surface area (Å²) in [6, 6.07) is 8.40. The molecule has 1 aromatic carbocycles. The van der Waals surface area contributed by atoms with Crippen molar-refractivity contribution in [1.82, 2.24) is 15.1 Å². The highest BCUT2D eigenvalue weighted by Crippen LogP contribution is 2.11. The van der Waals surface area contributed by atoms with E-state index in [4.69, 9.17) is 4.74 Å². The lowest BCUT2D eigenvalue weighted by Gasteiger charge is -2.37. The number of methoxy groups -OCH3 is 1. The van der Waals surface area contributed by atoms with Crippen LogP contribution in [-0.2, 0) is 11.2 Å². The van der Waals surface area contributed by atoms with Crippen molar-refractivity contribution in [3.63, 3.8) is 0 Å². The van der Waals surface area contributed by atoms with E-state index in [2.05, 4.69) is 29.1 Å². The Labute approximate surface area is 133 Å². The quantitative estimate of drug-likeness (QED) is 0.851. The summed E-state index contributed by atoms with van der Waals surface area (Å²) >= 11 is 0. The van der Waals surface area contributed by atoms with E-state index in [1.54, 1.807) is 7.11 Å². The topological polar surface area (TPSA) is 44.8 Å². The van der Waals surface area contributed by atoms with Gasteiger partial charge in [0.1, 0.15) is 5.75 Å². The normalized spacial score (nSPS) is 19.9. The fourth-order valence-electron chi connectivity index (χ4n) is 2.79. The first-order valence-electron chi connectivity index (χ1n) is 7.90. The fourth-order valence-corrected chi connectivity index (χ4v) is 2.79. The second kappa shape index (κ2) is 8.15. The van der Waals surface area contributed by atoms with Crippen molar-refractivity contribution in [3.8, 4) is 5.75 Å². The summed E-state index contributed by atoms with van der Waals surface area (Å²) in [5.41, 5.74) is 1.20. The van der Waals surface area contributed by atoms with Gasteiger partial charge >= 0.3 is 0 Å². The molecule has 2 rings (SSSR count). The molecule has 22 heavy (non-hydrogen) atoms. The fraction of sp³-hybridized carbons (Fsp3) is 0.588. The lowest BCUT2D eigenvalue weighted by molar-refractivity contribution is -0.123. The summed E-state index contributed by atoms with van der Waals surface area (Å²) in [6.07, 6.45) is 0.841. The van der Waals surface area contributed by atoms with Crippen LogP contribution < -0.4 is 10.1 Å². The molecule has 5 nitrogen and oxygen atoms in total. The molecule has 0 bridgehead atoms. The van der Waals surface area contributed by atoms with E-state index in [9.17, 15) is 4.79 Å². The third kappa shape index (κ3) is 5.00. The molecule has 1 N–H and O–H groups in total. The summed E-state index contributed by atoms with van der Waals surface area (Å²) < 4.78 is 5.14. The van der Waals surface area contributed by atoms with Crippen LogP contribution in [0.3, 0.4) is 0 Å². The van der Waals surface area contributed by atoms with Gasteiger partial charge in [0.15, 0.2) is 0 Å². The number of carbonyl (C=O) groups is 1. The SMILES string of the molecule is COc1ccc(CCNC(=O)CN2CCN(C)CC2C)cc1. The highest BCUT2D eigenvalue weighted by Gasteiger charge is 2.22. The molecule has 0 saturated carbocycles. The molecular formula is C17H27N3O2. The Morgan fingerprint density at radius 3 is 2.68 bits per heavy atom. The summed E-state index contributed by atoms with van der Waals surface area (Å²) in [5.74, 6) is 0.974. The number of hydrogen-bond donors (Lipinski definition) is 1. The van der Waals surface area contributed by atoms with Crippen LogP contribution in [0.25, 0.3) is 0 Å². The zero-order valence-corrected chi connectivity index (χ0v) is 13.8. The highest BCUT2D eigenvalue weighted by atomic mass is 16.5. The van der Waals surface area contributed by atoms with Gasteiger partial charge in [-0.05, 0) is 38.1 Å². The predicted molar refractivity (Wildman–Crippen MR) is 88.2 cm³/mol. The molecule has 1 aromatic rings. The predicted octanol–water partition coefficient (Wildman–Crippen LogP) is 0.990. The van der Waals surface area contributed by atoms with E-state index >= 15 is 0 Å². The molecule has 0 radical (unpaired) electrons. The summed E-state index contributed by atoms with van der Waals surface area (Å²) in [5, 5.41) is 3.01. The number of carbonyl (C=O) groups excluding carboxylic acids is 1. The maximum Gasteiger partial charge on any atom is 0.234 e. The van der Waals surface area contributed by atoms with Gasteiger partial charge in [-0.3, -0.25) is 9.69 Å². The maximum atomic E-state index is 12.0. The van der Waals surface area contributed by atoms with Gasteiger partial charge in [-0.25, -0.2) is 0 Å². The van der Waals surface area contributed by atoms with Crippen LogP contribution in [0.5, 0.6) is 5.75 Å². The van der Waals surface area contributed by atoms with Crippen molar-refractivity contribution in [2.75, 3.05) is 46.9 Å². The molecule has 1 aliphatic rings. The molecule has 1 atom stereocenters. The molecule has 0 spiro atoms. The molecule has 1 heterocycles. The molecule has 5 heteroatoms. The van der Waals surface area contributed by atoms with E-state index < -0.39 is 0 Å². The molecule has 0 aromatic heterocycles. The van der Waals surface area contributed by atoms with Crippen LogP contribution in [0.1, 0.15) is 12.5 Å². The monoisotopic (exact) mass is 305 g/mol. The van der Waals surface area contributed by atoms with Gasteiger partial charge in [0.25, 0.3) is 0 Å². The van der Waals surface area contributed by atoms with E-state index in [0.717, 1.165) is 31.8 Å². The van der Waals surface area contributed by atoms with Crippen LogP contribution in [0.2, 0.25) is 0 Å². The smallest absolute Gasteiger partial charge is 0.234 e. The number of piperazine rings is 1. The van der Waals surface area contributed by atoms with Crippen LogP contribution in [0.4, 0.5) is 0 Å². The van der Waals surface area contributed by atoms with Crippen LogP contribution in [0, 0.1) is 0 Å². The van der Waals surface area contributed by atoms with Gasteiger partial charge in [0.2, 0.25) is 5.91 Å². The van der Waals surface area contributed by atoms with Gasteiger partial charge in [-0.2, -0.15) is 0 Å². The highest BCUT2D eigenvalue weighted by molar-refractivity contribution is 5.78. The first-order chi connectivity index (χ1) is 10.6. The Morgan fingerprint density at radius 1 is 1.32 bits per heavy atom. The third-order valence-electron chi connectivity index (χ3n) is 4.21. The first kappa shape index (κ1) is 16.8. The van der Waals surface area contributed by atoms with Gasteiger partial charge in [0, 0.05) is 32.2 Å². The van der Waals surface area contributed by atoms with Crippen LogP contribution in [0.15, 0.2) is 24.3 Å². The van der Waals surface area contributed by atoms with E-state index in [1.807, 2.05) is 24.3 Å². The molecule has 1 amide bonds. The number of nitrogens with zero attached hydrogens (tertiary/aromatic N) is 2. The number of rotatable bonds is 6. The minimum absolute atomic E-state index is 0.116. The number of benzene rings is 1. The summed E-state index contributed by atoms with van der Waals surface area (Å²) in [7, 11) is 3.79. The van der Waals surface area contributed by atoms with E-state index in [1.165, 1.54) is 5.56 Å².